The van der Waals surface area contributed by atoms with Crippen LogP contribution in [-0.4, -0.2) is 31.6 Å². The van der Waals surface area contributed by atoms with Gasteiger partial charge in [-0.2, -0.15) is 0 Å². The quantitative estimate of drug-likeness (QED) is 0.893. The molecule has 2 rings (SSSR count). The van der Waals surface area contributed by atoms with Crippen LogP contribution in [0.2, 0.25) is 0 Å². The van der Waals surface area contributed by atoms with Crippen LogP contribution in [0.15, 0.2) is 18.2 Å². The summed E-state index contributed by atoms with van der Waals surface area (Å²) >= 11 is 0. The Balaban J connectivity index is 2.09. The number of rotatable bonds is 4. The van der Waals surface area contributed by atoms with Crippen molar-refractivity contribution < 1.29 is 0 Å². The molecular formula is C17H28N2. The van der Waals surface area contributed by atoms with Gasteiger partial charge in [0.1, 0.15) is 0 Å². The molecule has 1 aliphatic heterocycles. The van der Waals surface area contributed by atoms with Crippen molar-refractivity contribution >= 4 is 0 Å². The van der Waals surface area contributed by atoms with Crippen LogP contribution in [0.3, 0.4) is 0 Å². The molecule has 1 fully saturated rings. The Bertz CT molecular complexity index is 414. The van der Waals surface area contributed by atoms with Crippen molar-refractivity contribution in [3.05, 3.63) is 34.9 Å². The fraction of sp³-hybridized carbons (Fsp3) is 0.647. The van der Waals surface area contributed by atoms with Gasteiger partial charge >= 0.3 is 0 Å². The Hall–Kier alpha value is -0.860. The van der Waals surface area contributed by atoms with Crippen LogP contribution in [0.5, 0.6) is 0 Å². The van der Waals surface area contributed by atoms with Gasteiger partial charge in [0, 0.05) is 19.1 Å². The predicted octanol–water partition coefficient (Wildman–Crippen LogP) is 3.30. The molecule has 0 amide bonds. The van der Waals surface area contributed by atoms with Crippen LogP contribution in [0.25, 0.3) is 0 Å². The van der Waals surface area contributed by atoms with E-state index >= 15 is 0 Å². The van der Waals surface area contributed by atoms with Crippen molar-refractivity contribution in [2.45, 2.75) is 39.7 Å². The van der Waals surface area contributed by atoms with Gasteiger partial charge in [0.2, 0.25) is 0 Å². The summed E-state index contributed by atoms with van der Waals surface area (Å²) in [4.78, 5) is 2.62. The van der Waals surface area contributed by atoms with Gasteiger partial charge in [0.25, 0.3) is 0 Å². The van der Waals surface area contributed by atoms with Crippen LogP contribution in [0, 0.1) is 19.8 Å². The molecule has 106 valence electrons. The SMILES string of the molecule is CNC(CN1CCCC(C)C1)c1cc(C)ccc1C. The van der Waals surface area contributed by atoms with Gasteiger partial charge < -0.3 is 10.2 Å². The first-order chi connectivity index (χ1) is 9.10. The molecular weight excluding hydrogens is 232 g/mol. The highest BCUT2D eigenvalue weighted by Crippen LogP contribution is 2.23. The molecule has 1 heterocycles. The number of nitrogens with zero attached hydrogens (tertiary/aromatic N) is 1. The Labute approximate surface area is 118 Å². The minimum atomic E-state index is 0.449. The van der Waals surface area contributed by atoms with Crippen LogP contribution >= 0.6 is 0 Å². The van der Waals surface area contributed by atoms with Crippen LogP contribution < -0.4 is 5.32 Å². The van der Waals surface area contributed by atoms with Crippen molar-refractivity contribution in [3.8, 4) is 0 Å². The van der Waals surface area contributed by atoms with Gasteiger partial charge in [-0.15, -0.1) is 0 Å². The summed E-state index contributed by atoms with van der Waals surface area (Å²) in [5.74, 6) is 0.852. The predicted molar refractivity (Wildman–Crippen MR) is 82.6 cm³/mol. The number of hydrogen-bond donors (Lipinski definition) is 1. The van der Waals surface area contributed by atoms with Crippen molar-refractivity contribution in [1.29, 1.82) is 0 Å². The number of likely N-dealkylation sites (tertiary alicyclic amines) is 1. The third kappa shape index (κ3) is 3.80. The zero-order valence-corrected chi connectivity index (χ0v) is 12.9. The topological polar surface area (TPSA) is 15.3 Å². The van der Waals surface area contributed by atoms with Crippen LogP contribution in [-0.2, 0) is 0 Å². The minimum Gasteiger partial charge on any atom is -0.312 e. The van der Waals surface area contributed by atoms with E-state index in [1.165, 1.54) is 42.6 Å². The summed E-state index contributed by atoms with van der Waals surface area (Å²) in [5, 5.41) is 3.51. The molecule has 2 heteroatoms. The van der Waals surface area contributed by atoms with E-state index in [4.69, 9.17) is 0 Å². The second-order valence-corrected chi connectivity index (χ2v) is 6.21. The third-order valence-corrected chi connectivity index (χ3v) is 4.34. The molecule has 2 atom stereocenters. The van der Waals surface area contributed by atoms with Gasteiger partial charge in [-0.3, -0.25) is 0 Å². The number of benzene rings is 1. The normalized spacial score (nSPS) is 22.4. The molecule has 1 aromatic carbocycles. The summed E-state index contributed by atoms with van der Waals surface area (Å²) < 4.78 is 0. The van der Waals surface area contributed by atoms with E-state index in [-0.39, 0.29) is 0 Å². The summed E-state index contributed by atoms with van der Waals surface area (Å²) in [6.45, 7) is 10.4. The first-order valence-corrected chi connectivity index (χ1v) is 7.57. The van der Waals surface area contributed by atoms with E-state index in [2.05, 4.69) is 56.2 Å². The second-order valence-electron chi connectivity index (χ2n) is 6.21. The maximum absolute atomic E-state index is 3.51. The zero-order valence-electron chi connectivity index (χ0n) is 12.9. The van der Waals surface area contributed by atoms with E-state index in [0.717, 1.165) is 12.5 Å². The zero-order chi connectivity index (χ0) is 13.8. The van der Waals surface area contributed by atoms with Crippen molar-refractivity contribution in [2.24, 2.45) is 5.92 Å². The summed E-state index contributed by atoms with van der Waals surface area (Å²) in [5.41, 5.74) is 4.21. The lowest BCUT2D eigenvalue weighted by atomic mass is 9.96. The van der Waals surface area contributed by atoms with Gasteiger partial charge in [-0.1, -0.05) is 30.7 Å². The summed E-state index contributed by atoms with van der Waals surface area (Å²) in [6.07, 6.45) is 2.74. The van der Waals surface area contributed by atoms with E-state index in [9.17, 15) is 0 Å². The minimum absolute atomic E-state index is 0.449. The molecule has 0 aliphatic carbocycles. The fourth-order valence-electron chi connectivity index (χ4n) is 3.19. The standard InChI is InChI=1S/C17H28N2/c1-13-7-8-15(3)16(10-13)17(18-4)12-19-9-5-6-14(2)11-19/h7-8,10,14,17-18H,5-6,9,11-12H2,1-4H3. The Kier molecular flexibility index (Phi) is 5.00. The van der Waals surface area contributed by atoms with E-state index < -0.39 is 0 Å². The third-order valence-electron chi connectivity index (χ3n) is 4.34. The first kappa shape index (κ1) is 14.5. The van der Waals surface area contributed by atoms with Crippen molar-refractivity contribution in [1.82, 2.24) is 10.2 Å². The lowest BCUT2D eigenvalue weighted by Gasteiger charge is -2.34. The Morgan fingerprint density at radius 1 is 1.37 bits per heavy atom. The van der Waals surface area contributed by atoms with E-state index in [1.807, 2.05) is 0 Å². The van der Waals surface area contributed by atoms with Crippen molar-refractivity contribution in [3.63, 3.8) is 0 Å². The molecule has 1 aliphatic rings. The molecule has 2 nitrogen and oxygen atoms in total. The molecule has 0 radical (unpaired) electrons. The number of piperidine rings is 1. The molecule has 1 N–H and O–H groups in total. The number of hydrogen-bond acceptors (Lipinski definition) is 2. The monoisotopic (exact) mass is 260 g/mol. The van der Waals surface area contributed by atoms with E-state index in [0.29, 0.717) is 6.04 Å². The molecule has 0 spiro atoms. The maximum Gasteiger partial charge on any atom is 0.0449 e. The highest BCUT2D eigenvalue weighted by Gasteiger charge is 2.20. The summed E-state index contributed by atoms with van der Waals surface area (Å²) in [7, 11) is 2.08. The average Bonchev–Trinajstić information content (AvgIpc) is 2.39. The van der Waals surface area contributed by atoms with Gasteiger partial charge in [0.15, 0.2) is 0 Å². The Morgan fingerprint density at radius 3 is 2.84 bits per heavy atom. The molecule has 0 saturated carbocycles. The van der Waals surface area contributed by atoms with Crippen molar-refractivity contribution in [2.75, 3.05) is 26.7 Å². The van der Waals surface area contributed by atoms with Crippen LogP contribution in [0.4, 0.5) is 0 Å². The number of aryl methyl sites for hydroxylation is 2. The molecule has 1 aromatic rings. The van der Waals surface area contributed by atoms with Crippen LogP contribution in [0.1, 0.15) is 42.5 Å². The smallest absolute Gasteiger partial charge is 0.0449 e. The molecule has 2 unspecified atom stereocenters. The van der Waals surface area contributed by atoms with Gasteiger partial charge in [-0.25, -0.2) is 0 Å². The summed E-state index contributed by atoms with van der Waals surface area (Å²) in [6, 6.07) is 7.23. The second kappa shape index (κ2) is 6.53. The molecule has 0 aromatic heterocycles. The Morgan fingerprint density at radius 2 is 2.16 bits per heavy atom. The molecule has 19 heavy (non-hydrogen) atoms. The highest BCUT2D eigenvalue weighted by molar-refractivity contribution is 5.33. The fourth-order valence-corrected chi connectivity index (χ4v) is 3.19. The highest BCUT2D eigenvalue weighted by atomic mass is 15.2. The number of nitrogens with one attached hydrogen (secondary N) is 1. The van der Waals surface area contributed by atoms with E-state index in [1.54, 1.807) is 0 Å². The lowest BCUT2D eigenvalue weighted by Crippen LogP contribution is -2.40. The number of likely N-dealkylation sites (N-methyl/N-ethyl adjacent to an activating group) is 1. The average molecular weight is 260 g/mol. The van der Waals surface area contributed by atoms with Gasteiger partial charge in [-0.05, 0) is 57.3 Å². The lowest BCUT2D eigenvalue weighted by molar-refractivity contribution is 0.168. The molecule has 1 saturated heterocycles. The largest absolute Gasteiger partial charge is 0.312 e. The maximum atomic E-state index is 3.51. The first-order valence-electron chi connectivity index (χ1n) is 7.57. The molecule has 0 bridgehead atoms. The van der Waals surface area contributed by atoms with Gasteiger partial charge in [0.05, 0.1) is 0 Å².